The van der Waals surface area contributed by atoms with E-state index < -0.39 is 0 Å². The molecule has 1 aliphatic rings. The third-order valence-corrected chi connectivity index (χ3v) is 5.47. The van der Waals surface area contributed by atoms with Gasteiger partial charge in [-0.05, 0) is 63.1 Å². The molecule has 148 valence electrons. The Balaban J connectivity index is 1.62. The van der Waals surface area contributed by atoms with Gasteiger partial charge in [0, 0.05) is 30.4 Å². The highest BCUT2D eigenvalue weighted by Crippen LogP contribution is 2.34. The Hall–Kier alpha value is -2.66. The van der Waals surface area contributed by atoms with Gasteiger partial charge < -0.3 is 10.2 Å². The fourth-order valence-electron chi connectivity index (χ4n) is 3.95. The van der Waals surface area contributed by atoms with Gasteiger partial charge in [0.1, 0.15) is 0 Å². The summed E-state index contributed by atoms with van der Waals surface area (Å²) < 4.78 is 0. The molecule has 0 bridgehead atoms. The standard InChI is InChI=1S/C23H29N3O2/c1-4-26(5-2)23(28)18-10-8-11-19(15-18)24-22(27)16-25(3)21-14-13-17-9-6-7-12-20(17)21/h6-12,15,21H,4-5,13-14,16H2,1-3H3,(H,24,27). The Morgan fingerprint density at radius 2 is 1.82 bits per heavy atom. The maximum absolute atomic E-state index is 12.6. The number of benzene rings is 2. The van der Waals surface area contributed by atoms with Crippen LogP contribution in [0.1, 0.15) is 47.8 Å². The maximum Gasteiger partial charge on any atom is 0.253 e. The number of nitrogens with zero attached hydrogens (tertiary/aromatic N) is 2. The number of nitrogens with one attached hydrogen (secondary N) is 1. The molecule has 3 rings (SSSR count). The zero-order valence-corrected chi connectivity index (χ0v) is 16.9. The van der Waals surface area contributed by atoms with Crippen LogP contribution < -0.4 is 5.32 Å². The van der Waals surface area contributed by atoms with Gasteiger partial charge in [0.25, 0.3) is 5.91 Å². The third kappa shape index (κ3) is 4.42. The number of carbonyl (C=O) groups is 2. The molecule has 1 aliphatic carbocycles. The first-order valence-corrected chi connectivity index (χ1v) is 10.0. The fraction of sp³-hybridized carbons (Fsp3) is 0.391. The van der Waals surface area contributed by atoms with E-state index in [1.165, 1.54) is 11.1 Å². The van der Waals surface area contributed by atoms with Crippen LogP contribution in [0, 0.1) is 0 Å². The molecule has 0 radical (unpaired) electrons. The number of carbonyl (C=O) groups excluding carboxylic acids is 2. The summed E-state index contributed by atoms with van der Waals surface area (Å²) in [7, 11) is 1.99. The molecule has 0 heterocycles. The molecule has 2 aromatic rings. The number of hydrogen-bond donors (Lipinski definition) is 1. The summed E-state index contributed by atoms with van der Waals surface area (Å²) in [6, 6.07) is 15.9. The summed E-state index contributed by atoms with van der Waals surface area (Å²) in [5, 5.41) is 2.94. The molecular weight excluding hydrogens is 350 g/mol. The lowest BCUT2D eigenvalue weighted by Gasteiger charge is -2.24. The zero-order valence-electron chi connectivity index (χ0n) is 16.9. The van der Waals surface area contributed by atoms with Gasteiger partial charge in [-0.2, -0.15) is 0 Å². The summed E-state index contributed by atoms with van der Waals surface area (Å²) in [4.78, 5) is 29.0. The predicted molar refractivity (Wildman–Crippen MR) is 112 cm³/mol. The number of fused-ring (bicyclic) bond motifs is 1. The van der Waals surface area contributed by atoms with Crippen molar-refractivity contribution in [2.24, 2.45) is 0 Å². The first-order valence-electron chi connectivity index (χ1n) is 10.0. The van der Waals surface area contributed by atoms with Crippen molar-refractivity contribution in [2.45, 2.75) is 32.7 Å². The van der Waals surface area contributed by atoms with Crippen LogP contribution in [0.25, 0.3) is 0 Å². The minimum Gasteiger partial charge on any atom is -0.339 e. The zero-order chi connectivity index (χ0) is 20.1. The average Bonchev–Trinajstić information content (AvgIpc) is 3.13. The lowest BCUT2D eigenvalue weighted by molar-refractivity contribution is -0.117. The number of aryl methyl sites for hydroxylation is 1. The van der Waals surface area contributed by atoms with Gasteiger partial charge in [-0.25, -0.2) is 0 Å². The van der Waals surface area contributed by atoms with Gasteiger partial charge in [-0.15, -0.1) is 0 Å². The topological polar surface area (TPSA) is 52.7 Å². The van der Waals surface area contributed by atoms with E-state index in [2.05, 4.69) is 34.5 Å². The molecule has 0 fully saturated rings. The van der Waals surface area contributed by atoms with E-state index in [4.69, 9.17) is 0 Å². The number of rotatable bonds is 7. The Labute approximate surface area is 167 Å². The number of anilines is 1. The van der Waals surface area contributed by atoms with Crippen molar-refractivity contribution in [1.29, 1.82) is 0 Å². The Kier molecular flexibility index (Phi) is 6.47. The van der Waals surface area contributed by atoms with E-state index in [-0.39, 0.29) is 17.9 Å². The SMILES string of the molecule is CCN(CC)C(=O)c1cccc(NC(=O)CN(C)C2CCc3ccccc32)c1. The fourth-order valence-corrected chi connectivity index (χ4v) is 3.95. The van der Waals surface area contributed by atoms with Crippen LogP contribution in [-0.4, -0.2) is 48.3 Å². The quantitative estimate of drug-likeness (QED) is 0.798. The molecule has 1 N–H and O–H groups in total. The predicted octanol–water partition coefficient (Wildman–Crippen LogP) is 3.73. The lowest BCUT2D eigenvalue weighted by atomic mass is 10.1. The number of hydrogen-bond acceptors (Lipinski definition) is 3. The van der Waals surface area contributed by atoms with Crippen molar-refractivity contribution in [1.82, 2.24) is 9.80 Å². The van der Waals surface area contributed by atoms with E-state index in [9.17, 15) is 9.59 Å². The summed E-state index contributed by atoms with van der Waals surface area (Å²) >= 11 is 0. The van der Waals surface area contributed by atoms with Crippen molar-refractivity contribution in [2.75, 3.05) is 32.0 Å². The van der Waals surface area contributed by atoms with E-state index in [0.29, 0.717) is 30.9 Å². The Morgan fingerprint density at radius 1 is 1.07 bits per heavy atom. The molecule has 1 atom stereocenters. The molecule has 0 aliphatic heterocycles. The molecule has 28 heavy (non-hydrogen) atoms. The lowest BCUT2D eigenvalue weighted by Crippen LogP contribution is -2.33. The smallest absolute Gasteiger partial charge is 0.253 e. The maximum atomic E-state index is 12.6. The molecule has 0 spiro atoms. The van der Waals surface area contributed by atoms with Crippen LogP contribution in [0.5, 0.6) is 0 Å². The van der Waals surface area contributed by atoms with Crippen LogP contribution >= 0.6 is 0 Å². The van der Waals surface area contributed by atoms with Crippen molar-refractivity contribution in [3.63, 3.8) is 0 Å². The normalized spacial score (nSPS) is 15.4. The highest BCUT2D eigenvalue weighted by atomic mass is 16.2. The molecule has 0 aromatic heterocycles. The second-order valence-electron chi connectivity index (χ2n) is 7.27. The second kappa shape index (κ2) is 9.02. The summed E-state index contributed by atoms with van der Waals surface area (Å²) in [5.41, 5.74) is 3.95. The van der Waals surface area contributed by atoms with Gasteiger partial charge in [-0.1, -0.05) is 30.3 Å². The monoisotopic (exact) mass is 379 g/mol. The van der Waals surface area contributed by atoms with Crippen molar-refractivity contribution in [3.8, 4) is 0 Å². The number of amides is 2. The molecule has 1 unspecified atom stereocenters. The van der Waals surface area contributed by atoms with E-state index in [1.54, 1.807) is 17.0 Å². The van der Waals surface area contributed by atoms with E-state index in [1.807, 2.05) is 33.0 Å². The minimum atomic E-state index is -0.0701. The Bertz CT molecular complexity index is 845. The van der Waals surface area contributed by atoms with Crippen molar-refractivity contribution >= 4 is 17.5 Å². The second-order valence-corrected chi connectivity index (χ2v) is 7.27. The molecule has 2 aromatic carbocycles. The highest BCUT2D eigenvalue weighted by molar-refractivity contribution is 5.97. The summed E-state index contributed by atoms with van der Waals surface area (Å²) in [6.07, 6.45) is 2.10. The van der Waals surface area contributed by atoms with Crippen LogP contribution in [0.4, 0.5) is 5.69 Å². The van der Waals surface area contributed by atoms with Gasteiger partial charge in [0.2, 0.25) is 5.91 Å². The Morgan fingerprint density at radius 3 is 2.57 bits per heavy atom. The largest absolute Gasteiger partial charge is 0.339 e. The van der Waals surface area contributed by atoms with Gasteiger partial charge >= 0.3 is 0 Å². The summed E-state index contributed by atoms with van der Waals surface area (Å²) in [6.45, 7) is 5.57. The molecule has 5 heteroatoms. The van der Waals surface area contributed by atoms with Crippen molar-refractivity contribution in [3.05, 3.63) is 65.2 Å². The number of likely N-dealkylation sites (N-methyl/N-ethyl adjacent to an activating group) is 1. The minimum absolute atomic E-state index is 0.0132. The van der Waals surface area contributed by atoms with Crippen LogP contribution in [0.3, 0.4) is 0 Å². The van der Waals surface area contributed by atoms with E-state index in [0.717, 1.165) is 12.8 Å². The summed E-state index contributed by atoms with van der Waals surface area (Å²) in [5.74, 6) is -0.0832. The van der Waals surface area contributed by atoms with Gasteiger partial charge in [0.05, 0.1) is 6.54 Å². The third-order valence-electron chi connectivity index (χ3n) is 5.47. The molecule has 0 saturated heterocycles. The highest BCUT2D eigenvalue weighted by Gasteiger charge is 2.26. The van der Waals surface area contributed by atoms with Gasteiger partial charge in [0.15, 0.2) is 0 Å². The molecule has 2 amide bonds. The molecule has 5 nitrogen and oxygen atoms in total. The van der Waals surface area contributed by atoms with Crippen LogP contribution in [0.15, 0.2) is 48.5 Å². The van der Waals surface area contributed by atoms with Crippen LogP contribution in [0.2, 0.25) is 0 Å². The van der Waals surface area contributed by atoms with Crippen molar-refractivity contribution < 1.29 is 9.59 Å². The average molecular weight is 380 g/mol. The van der Waals surface area contributed by atoms with E-state index >= 15 is 0 Å². The first kappa shape index (κ1) is 20.1. The van der Waals surface area contributed by atoms with Gasteiger partial charge in [-0.3, -0.25) is 14.5 Å². The first-order chi connectivity index (χ1) is 13.5. The molecule has 0 saturated carbocycles. The van der Waals surface area contributed by atoms with Crippen LogP contribution in [-0.2, 0) is 11.2 Å². The molecular formula is C23H29N3O2.